The van der Waals surface area contributed by atoms with Gasteiger partial charge in [-0.05, 0) is 36.6 Å². The van der Waals surface area contributed by atoms with Gasteiger partial charge in [-0.1, -0.05) is 49.4 Å². The second-order valence-corrected chi connectivity index (χ2v) is 5.43. The smallest absolute Gasteiger partial charge is 0.222 e. The van der Waals surface area contributed by atoms with E-state index in [1.54, 1.807) is 0 Å². The summed E-state index contributed by atoms with van der Waals surface area (Å²) in [6.07, 6.45) is 1.51. The van der Waals surface area contributed by atoms with Crippen LogP contribution in [-0.2, 0) is 11.2 Å². The van der Waals surface area contributed by atoms with Gasteiger partial charge in [-0.3, -0.25) is 4.79 Å². The average molecular weight is 296 g/mol. The molecule has 0 aliphatic rings. The highest BCUT2D eigenvalue weighted by Gasteiger charge is 2.08. The quantitative estimate of drug-likeness (QED) is 0.813. The number of carbonyl (C=O) groups is 1. The molecule has 0 saturated heterocycles. The molecule has 3 nitrogen and oxygen atoms in total. The summed E-state index contributed by atoms with van der Waals surface area (Å²) < 4.78 is 0. The minimum absolute atomic E-state index is 0.0394. The van der Waals surface area contributed by atoms with Crippen molar-refractivity contribution >= 4 is 11.6 Å². The maximum atomic E-state index is 12.0. The van der Waals surface area contributed by atoms with Crippen LogP contribution in [0.4, 0.5) is 5.69 Å². The highest BCUT2D eigenvalue weighted by Crippen LogP contribution is 2.12. The lowest BCUT2D eigenvalue weighted by Gasteiger charge is -2.14. The Morgan fingerprint density at radius 3 is 2.36 bits per heavy atom. The fourth-order valence-electron chi connectivity index (χ4n) is 2.32. The van der Waals surface area contributed by atoms with E-state index in [2.05, 4.69) is 41.8 Å². The standard InChI is InChI=1S/C19H24N2O/c1-3-16-9-11-18(12-10-16)20-14-13-19(22)21-15(2)17-7-5-4-6-8-17/h4-12,15,20H,3,13-14H2,1-2H3,(H,21,22). The zero-order chi connectivity index (χ0) is 15.8. The fraction of sp³-hybridized carbons (Fsp3) is 0.316. The summed E-state index contributed by atoms with van der Waals surface area (Å²) in [7, 11) is 0. The van der Waals surface area contributed by atoms with Crippen molar-refractivity contribution < 1.29 is 4.79 Å². The van der Waals surface area contributed by atoms with Crippen LogP contribution in [0.1, 0.15) is 37.4 Å². The Kier molecular flexibility index (Phi) is 6.01. The van der Waals surface area contributed by atoms with E-state index in [0.29, 0.717) is 13.0 Å². The molecule has 2 rings (SSSR count). The van der Waals surface area contributed by atoms with Gasteiger partial charge in [0.05, 0.1) is 6.04 Å². The molecule has 2 aromatic carbocycles. The van der Waals surface area contributed by atoms with Crippen LogP contribution in [0.25, 0.3) is 0 Å². The second kappa shape index (κ2) is 8.23. The van der Waals surface area contributed by atoms with Crippen molar-refractivity contribution in [2.24, 2.45) is 0 Å². The molecule has 2 N–H and O–H groups in total. The first-order chi connectivity index (χ1) is 10.7. The number of anilines is 1. The first kappa shape index (κ1) is 16.1. The van der Waals surface area contributed by atoms with Gasteiger partial charge >= 0.3 is 0 Å². The topological polar surface area (TPSA) is 41.1 Å². The summed E-state index contributed by atoms with van der Waals surface area (Å²) in [4.78, 5) is 12.0. The van der Waals surface area contributed by atoms with E-state index in [9.17, 15) is 4.79 Å². The van der Waals surface area contributed by atoms with Crippen LogP contribution in [0.2, 0.25) is 0 Å². The molecular formula is C19H24N2O. The lowest BCUT2D eigenvalue weighted by Crippen LogP contribution is -2.28. The number of hydrogen-bond donors (Lipinski definition) is 2. The molecule has 0 saturated carbocycles. The van der Waals surface area contributed by atoms with Gasteiger partial charge in [-0.15, -0.1) is 0 Å². The third kappa shape index (κ3) is 4.92. The van der Waals surface area contributed by atoms with Crippen LogP contribution in [0, 0.1) is 0 Å². The van der Waals surface area contributed by atoms with E-state index in [-0.39, 0.29) is 11.9 Å². The number of carbonyl (C=O) groups excluding carboxylic acids is 1. The lowest BCUT2D eigenvalue weighted by atomic mass is 10.1. The van der Waals surface area contributed by atoms with Crippen molar-refractivity contribution in [3.8, 4) is 0 Å². The van der Waals surface area contributed by atoms with E-state index in [4.69, 9.17) is 0 Å². The zero-order valence-electron chi connectivity index (χ0n) is 13.3. The van der Waals surface area contributed by atoms with Gasteiger partial charge in [0.15, 0.2) is 0 Å². The largest absolute Gasteiger partial charge is 0.385 e. The molecular weight excluding hydrogens is 272 g/mol. The van der Waals surface area contributed by atoms with E-state index >= 15 is 0 Å². The van der Waals surface area contributed by atoms with Gasteiger partial charge in [0.1, 0.15) is 0 Å². The summed E-state index contributed by atoms with van der Waals surface area (Å²) in [6.45, 7) is 4.78. The molecule has 1 unspecified atom stereocenters. The Morgan fingerprint density at radius 2 is 1.73 bits per heavy atom. The molecule has 0 bridgehead atoms. The molecule has 1 atom stereocenters. The fourth-order valence-corrected chi connectivity index (χ4v) is 2.32. The summed E-state index contributed by atoms with van der Waals surface area (Å²) in [6, 6.07) is 18.4. The molecule has 0 aliphatic heterocycles. The van der Waals surface area contributed by atoms with Crippen LogP contribution in [-0.4, -0.2) is 12.5 Å². The number of benzene rings is 2. The van der Waals surface area contributed by atoms with Crippen molar-refractivity contribution in [3.63, 3.8) is 0 Å². The number of rotatable bonds is 7. The van der Waals surface area contributed by atoms with Gasteiger partial charge in [0, 0.05) is 18.7 Å². The Labute approximate surface area is 132 Å². The van der Waals surface area contributed by atoms with E-state index in [0.717, 1.165) is 17.7 Å². The average Bonchev–Trinajstić information content (AvgIpc) is 2.56. The summed E-state index contributed by atoms with van der Waals surface area (Å²) >= 11 is 0. The van der Waals surface area contributed by atoms with Crippen LogP contribution in [0.3, 0.4) is 0 Å². The second-order valence-electron chi connectivity index (χ2n) is 5.43. The van der Waals surface area contributed by atoms with Crippen LogP contribution in [0.5, 0.6) is 0 Å². The van der Waals surface area contributed by atoms with Crippen molar-refractivity contribution in [2.75, 3.05) is 11.9 Å². The van der Waals surface area contributed by atoms with Crippen molar-refractivity contribution in [1.82, 2.24) is 5.32 Å². The van der Waals surface area contributed by atoms with Gasteiger partial charge in [0.25, 0.3) is 0 Å². The molecule has 116 valence electrons. The third-order valence-electron chi connectivity index (χ3n) is 3.72. The predicted octanol–water partition coefficient (Wildman–Crippen LogP) is 3.93. The summed E-state index contributed by atoms with van der Waals surface area (Å²) in [5.74, 6) is 0.0639. The van der Waals surface area contributed by atoms with Crippen LogP contribution < -0.4 is 10.6 Å². The Bertz CT molecular complexity index is 578. The highest BCUT2D eigenvalue weighted by molar-refractivity contribution is 5.77. The SMILES string of the molecule is CCc1ccc(NCCC(=O)NC(C)c2ccccc2)cc1. The first-order valence-corrected chi connectivity index (χ1v) is 7.86. The van der Waals surface area contributed by atoms with Crippen molar-refractivity contribution in [3.05, 3.63) is 65.7 Å². The van der Waals surface area contributed by atoms with E-state index in [1.807, 2.05) is 37.3 Å². The zero-order valence-corrected chi connectivity index (χ0v) is 13.3. The molecule has 0 spiro atoms. The molecule has 0 heterocycles. The number of amides is 1. The molecule has 22 heavy (non-hydrogen) atoms. The van der Waals surface area contributed by atoms with Gasteiger partial charge in [0.2, 0.25) is 5.91 Å². The van der Waals surface area contributed by atoms with Gasteiger partial charge in [-0.2, -0.15) is 0 Å². The first-order valence-electron chi connectivity index (χ1n) is 7.86. The molecule has 0 aliphatic carbocycles. The number of aryl methyl sites for hydroxylation is 1. The minimum Gasteiger partial charge on any atom is -0.385 e. The van der Waals surface area contributed by atoms with Crippen LogP contribution in [0.15, 0.2) is 54.6 Å². The molecule has 0 radical (unpaired) electrons. The maximum Gasteiger partial charge on any atom is 0.222 e. The molecule has 2 aromatic rings. The Balaban J connectivity index is 1.73. The minimum atomic E-state index is 0.0394. The third-order valence-corrected chi connectivity index (χ3v) is 3.72. The molecule has 0 aromatic heterocycles. The number of hydrogen-bond acceptors (Lipinski definition) is 2. The predicted molar refractivity (Wildman–Crippen MR) is 91.9 cm³/mol. The lowest BCUT2D eigenvalue weighted by molar-refractivity contribution is -0.121. The summed E-state index contributed by atoms with van der Waals surface area (Å²) in [5, 5.41) is 6.30. The Hall–Kier alpha value is -2.29. The van der Waals surface area contributed by atoms with E-state index in [1.165, 1.54) is 5.56 Å². The van der Waals surface area contributed by atoms with Crippen molar-refractivity contribution in [2.45, 2.75) is 32.7 Å². The Morgan fingerprint density at radius 1 is 1.05 bits per heavy atom. The normalized spacial score (nSPS) is 11.7. The molecule has 3 heteroatoms. The molecule has 0 fully saturated rings. The number of nitrogens with one attached hydrogen (secondary N) is 2. The van der Waals surface area contributed by atoms with Crippen LogP contribution >= 0.6 is 0 Å². The van der Waals surface area contributed by atoms with Gasteiger partial charge in [-0.25, -0.2) is 0 Å². The monoisotopic (exact) mass is 296 g/mol. The van der Waals surface area contributed by atoms with E-state index < -0.39 is 0 Å². The highest BCUT2D eigenvalue weighted by atomic mass is 16.1. The molecule has 1 amide bonds. The van der Waals surface area contributed by atoms with Gasteiger partial charge < -0.3 is 10.6 Å². The maximum absolute atomic E-state index is 12.0. The van der Waals surface area contributed by atoms with Crippen molar-refractivity contribution in [1.29, 1.82) is 0 Å². The summed E-state index contributed by atoms with van der Waals surface area (Å²) in [5.41, 5.74) is 3.50.